The van der Waals surface area contributed by atoms with E-state index in [4.69, 9.17) is 14.3 Å². The highest BCUT2D eigenvalue weighted by atomic mass is 16.3. The molecule has 0 aliphatic heterocycles. The van der Waals surface area contributed by atoms with Gasteiger partial charge in [0.2, 0.25) is 0 Å². The first kappa shape index (κ1) is 11.8. The van der Waals surface area contributed by atoms with Crippen molar-refractivity contribution in [2.45, 2.75) is 33.6 Å². The summed E-state index contributed by atoms with van der Waals surface area (Å²) in [6.45, 7) is 6.11. The van der Waals surface area contributed by atoms with E-state index < -0.39 is 0 Å². The summed E-state index contributed by atoms with van der Waals surface area (Å²) in [7, 11) is 0. The maximum absolute atomic E-state index is 8.36. The molecule has 1 aromatic rings. The highest BCUT2D eigenvalue weighted by Crippen LogP contribution is 2.15. The van der Waals surface area contributed by atoms with E-state index in [1.807, 2.05) is 6.26 Å². The van der Waals surface area contributed by atoms with Crippen LogP contribution in [-0.4, -0.2) is 11.6 Å². The second kappa shape index (κ2) is 6.29. The second-order valence-corrected chi connectivity index (χ2v) is 2.82. The first-order chi connectivity index (χ1) is 6.17. The van der Waals surface area contributed by atoms with Gasteiger partial charge in [-0.1, -0.05) is 6.92 Å². The van der Waals surface area contributed by atoms with Gasteiger partial charge in [-0.25, -0.2) is 0 Å². The number of carbonyl (C=O) groups is 1. The Balaban J connectivity index is 0.000000424. The molecule has 0 fully saturated rings. The van der Waals surface area contributed by atoms with Crippen LogP contribution in [-0.2, 0) is 11.2 Å². The van der Waals surface area contributed by atoms with Crippen LogP contribution < -0.4 is 0 Å². The molecule has 1 heterocycles. The quantitative estimate of drug-likeness (QED) is 0.718. The minimum absolute atomic E-state index is 0.250. The smallest absolute Gasteiger partial charge is 0.290 e. The topological polar surface area (TPSA) is 50.4 Å². The maximum Gasteiger partial charge on any atom is 0.290 e. The van der Waals surface area contributed by atoms with Gasteiger partial charge in [-0.2, -0.15) is 0 Å². The molecule has 1 rings (SSSR count). The first-order valence-corrected chi connectivity index (χ1v) is 4.28. The van der Waals surface area contributed by atoms with Gasteiger partial charge in [-0.05, 0) is 31.4 Å². The normalized spacial score (nSPS) is 8.85. The Morgan fingerprint density at radius 3 is 2.38 bits per heavy atom. The van der Waals surface area contributed by atoms with E-state index in [1.165, 1.54) is 11.1 Å². The Hall–Kier alpha value is -1.25. The lowest BCUT2D eigenvalue weighted by Crippen LogP contribution is -1.82. The van der Waals surface area contributed by atoms with Crippen LogP contribution in [0.5, 0.6) is 0 Å². The van der Waals surface area contributed by atoms with Crippen molar-refractivity contribution in [2.24, 2.45) is 0 Å². The molecule has 0 radical (unpaired) electrons. The molecular weight excluding hydrogens is 168 g/mol. The Morgan fingerprint density at radius 2 is 2.08 bits per heavy atom. The van der Waals surface area contributed by atoms with Crippen molar-refractivity contribution >= 4 is 6.47 Å². The average Bonchev–Trinajstić information content (AvgIpc) is 2.38. The van der Waals surface area contributed by atoms with E-state index in [0.29, 0.717) is 0 Å². The van der Waals surface area contributed by atoms with Gasteiger partial charge < -0.3 is 9.52 Å². The van der Waals surface area contributed by atoms with Crippen LogP contribution in [0.4, 0.5) is 0 Å². The van der Waals surface area contributed by atoms with Crippen molar-refractivity contribution in [2.75, 3.05) is 0 Å². The molecule has 0 saturated heterocycles. The molecule has 3 heteroatoms. The van der Waals surface area contributed by atoms with Gasteiger partial charge in [-0.3, -0.25) is 4.79 Å². The summed E-state index contributed by atoms with van der Waals surface area (Å²) >= 11 is 0. The van der Waals surface area contributed by atoms with E-state index in [0.717, 1.165) is 18.6 Å². The molecule has 3 nitrogen and oxygen atoms in total. The molecule has 0 saturated carbocycles. The van der Waals surface area contributed by atoms with Crippen LogP contribution in [0.1, 0.15) is 30.2 Å². The lowest BCUT2D eigenvalue weighted by atomic mass is 10.1. The second-order valence-electron chi connectivity index (χ2n) is 2.82. The monoisotopic (exact) mass is 184 g/mol. The number of carboxylic acid groups (broad SMARTS) is 1. The van der Waals surface area contributed by atoms with Crippen molar-refractivity contribution in [1.82, 2.24) is 0 Å². The largest absolute Gasteiger partial charge is 0.483 e. The zero-order valence-corrected chi connectivity index (χ0v) is 8.33. The van der Waals surface area contributed by atoms with Crippen LogP contribution >= 0.6 is 0 Å². The Bertz CT molecular complexity index is 251. The standard InChI is InChI=1S/C9H14O.CH2O2/c1-4-5-9-8(3)7(2)6-10-9;2-1-3/h6H,4-5H2,1-3H3;1H,(H,2,3). The van der Waals surface area contributed by atoms with Crippen molar-refractivity contribution in [3.63, 3.8) is 0 Å². The number of rotatable bonds is 2. The van der Waals surface area contributed by atoms with Crippen LogP contribution in [0.25, 0.3) is 0 Å². The van der Waals surface area contributed by atoms with Gasteiger partial charge >= 0.3 is 0 Å². The summed E-state index contributed by atoms with van der Waals surface area (Å²) in [4.78, 5) is 8.36. The zero-order valence-electron chi connectivity index (χ0n) is 8.33. The van der Waals surface area contributed by atoms with Crippen LogP contribution in [0.3, 0.4) is 0 Å². The molecule has 13 heavy (non-hydrogen) atoms. The predicted molar refractivity (Wildman–Crippen MR) is 50.9 cm³/mol. The molecule has 0 aromatic carbocycles. The van der Waals surface area contributed by atoms with E-state index in [2.05, 4.69) is 20.8 Å². The van der Waals surface area contributed by atoms with Gasteiger partial charge in [0.15, 0.2) is 0 Å². The zero-order chi connectivity index (χ0) is 10.3. The molecule has 74 valence electrons. The summed E-state index contributed by atoms with van der Waals surface area (Å²) in [6, 6.07) is 0. The van der Waals surface area contributed by atoms with Gasteiger partial charge in [0.1, 0.15) is 5.76 Å². The third kappa shape index (κ3) is 3.78. The molecule has 0 atom stereocenters. The number of hydrogen-bond acceptors (Lipinski definition) is 2. The van der Waals surface area contributed by atoms with Crippen LogP contribution in [0, 0.1) is 13.8 Å². The molecule has 0 spiro atoms. The fourth-order valence-electron chi connectivity index (χ4n) is 1.03. The van der Waals surface area contributed by atoms with Gasteiger partial charge in [-0.15, -0.1) is 0 Å². The summed E-state index contributed by atoms with van der Waals surface area (Å²) in [6.07, 6.45) is 4.06. The average molecular weight is 184 g/mol. The summed E-state index contributed by atoms with van der Waals surface area (Å²) in [5.41, 5.74) is 2.59. The van der Waals surface area contributed by atoms with E-state index in [9.17, 15) is 0 Å². The lowest BCUT2D eigenvalue weighted by Gasteiger charge is -1.93. The van der Waals surface area contributed by atoms with Crippen LogP contribution in [0.15, 0.2) is 10.7 Å². The summed E-state index contributed by atoms with van der Waals surface area (Å²) in [5, 5.41) is 6.89. The van der Waals surface area contributed by atoms with E-state index >= 15 is 0 Å². The summed E-state index contributed by atoms with van der Waals surface area (Å²) in [5.74, 6) is 1.15. The highest BCUT2D eigenvalue weighted by Gasteiger charge is 2.03. The fraction of sp³-hybridized carbons (Fsp3) is 0.500. The van der Waals surface area contributed by atoms with Crippen molar-refractivity contribution in [3.8, 4) is 0 Å². The minimum atomic E-state index is -0.250. The van der Waals surface area contributed by atoms with Gasteiger partial charge in [0.25, 0.3) is 6.47 Å². The Morgan fingerprint density at radius 1 is 1.54 bits per heavy atom. The number of hydrogen-bond donors (Lipinski definition) is 1. The molecular formula is C10H16O3. The van der Waals surface area contributed by atoms with Crippen molar-refractivity contribution < 1.29 is 14.3 Å². The Labute approximate surface area is 78.4 Å². The Kier molecular flexibility index (Phi) is 5.68. The third-order valence-electron chi connectivity index (χ3n) is 1.86. The molecule has 0 bridgehead atoms. The van der Waals surface area contributed by atoms with E-state index in [1.54, 1.807) is 0 Å². The third-order valence-corrected chi connectivity index (χ3v) is 1.86. The molecule has 1 aromatic heterocycles. The predicted octanol–water partition coefficient (Wildman–Crippen LogP) is 2.55. The number of aryl methyl sites for hydroxylation is 2. The highest BCUT2D eigenvalue weighted by molar-refractivity contribution is 5.32. The molecule has 0 aliphatic rings. The molecule has 0 amide bonds. The van der Waals surface area contributed by atoms with E-state index in [-0.39, 0.29) is 6.47 Å². The summed E-state index contributed by atoms with van der Waals surface area (Å²) < 4.78 is 5.34. The van der Waals surface area contributed by atoms with Gasteiger partial charge in [0.05, 0.1) is 6.26 Å². The number of furan rings is 1. The maximum atomic E-state index is 8.36. The lowest BCUT2D eigenvalue weighted by molar-refractivity contribution is -0.122. The SMILES string of the molecule is CCCc1occ(C)c1C.O=CO. The minimum Gasteiger partial charge on any atom is -0.483 e. The van der Waals surface area contributed by atoms with Crippen molar-refractivity contribution in [1.29, 1.82) is 0 Å². The molecule has 0 aliphatic carbocycles. The molecule has 0 unspecified atom stereocenters. The first-order valence-electron chi connectivity index (χ1n) is 4.28. The molecule has 1 N–H and O–H groups in total. The fourth-order valence-corrected chi connectivity index (χ4v) is 1.03. The van der Waals surface area contributed by atoms with Crippen molar-refractivity contribution in [3.05, 3.63) is 23.2 Å². The van der Waals surface area contributed by atoms with Gasteiger partial charge in [0, 0.05) is 6.42 Å². The van der Waals surface area contributed by atoms with Crippen LogP contribution in [0.2, 0.25) is 0 Å².